The van der Waals surface area contributed by atoms with E-state index in [2.05, 4.69) is 4.74 Å². The van der Waals surface area contributed by atoms with Gasteiger partial charge in [0.15, 0.2) is 0 Å². The number of methoxy groups -OCH3 is 1. The molecule has 0 aliphatic rings. The summed E-state index contributed by atoms with van der Waals surface area (Å²) in [4.78, 5) is 22.0. The lowest BCUT2D eigenvalue weighted by molar-refractivity contribution is -0.141. The highest BCUT2D eigenvalue weighted by molar-refractivity contribution is 5.93. The summed E-state index contributed by atoms with van der Waals surface area (Å²) in [5, 5.41) is 0. The second-order valence-corrected chi connectivity index (χ2v) is 2.96. The SMILES string of the molecule is COC(=O)/C(=C\c1ccco1)COC(C)=O. The lowest BCUT2D eigenvalue weighted by Crippen LogP contribution is -2.12. The summed E-state index contributed by atoms with van der Waals surface area (Å²) in [5.74, 6) is -0.528. The van der Waals surface area contributed by atoms with E-state index in [1.54, 1.807) is 12.1 Å². The minimum absolute atomic E-state index is 0.136. The van der Waals surface area contributed by atoms with E-state index in [4.69, 9.17) is 9.15 Å². The predicted octanol–water partition coefficient (Wildman–Crippen LogP) is 1.40. The van der Waals surface area contributed by atoms with Crippen LogP contribution < -0.4 is 0 Å². The van der Waals surface area contributed by atoms with Crippen LogP contribution in [0.5, 0.6) is 0 Å². The van der Waals surface area contributed by atoms with Crippen molar-refractivity contribution < 1.29 is 23.5 Å². The Morgan fingerprint density at radius 2 is 2.25 bits per heavy atom. The van der Waals surface area contributed by atoms with Gasteiger partial charge in [0.2, 0.25) is 0 Å². The second kappa shape index (κ2) is 5.75. The molecule has 0 aliphatic heterocycles. The molecule has 0 unspecified atom stereocenters. The highest BCUT2D eigenvalue weighted by atomic mass is 16.5. The average Bonchev–Trinajstić information content (AvgIpc) is 2.75. The topological polar surface area (TPSA) is 65.7 Å². The summed E-state index contributed by atoms with van der Waals surface area (Å²) in [5.41, 5.74) is 0.215. The number of ether oxygens (including phenoxy) is 2. The van der Waals surface area contributed by atoms with Gasteiger partial charge in [0.05, 0.1) is 18.9 Å². The molecule has 0 fully saturated rings. The Bertz CT molecular complexity index is 389. The van der Waals surface area contributed by atoms with Crippen molar-refractivity contribution in [2.75, 3.05) is 13.7 Å². The molecule has 0 aromatic carbocycles. The van der Waals surface area contributed by atoms with Crippen molar-refractivity contribution in [2.45, 2.75) is 6.92 Å². The first kappa shape index (κ1) is 12.0. The van der Waals surface area contributed by atoms with Crippen molar-refractivity contribution in [3.8, 4) is 0 Å². The van der Waals surface area contributed by atoms with Gasteiger partial charge in [-0.25, -0.2) is 4.79 Å². The largest absolute Gasteiger partial charge is 0.466 e. The van der Waals surface area contributed by atoms with Crippen molar-refractivity contribution in [3.05, 3.63) is 29.7 Å². The summed E-state index contributed by atoms with van der Waals surface area (Å²) >= 11 is 0. The molecule has 0 N–H and O–H groups in total. The molecule has 0 bridgehead atoms. The molecule has 0 spiro atoms. The standard InChI is InChI=1S/C11H12O5/c1-8(12)16-7-9(11(13)14-2)6-10-4-3-5-15-10/h3-6H,7H2,1-2H3/b9-6-. The van der Waals surface area contributed by atoms with E-state index < -0.39 is 11.9 Å². The molecule has 1 aromatic rings. The zero-order valence-electron chi connectivity index (χ0n) is 9.06. The highest BCUT2D eigenvalue weighted by Gasteiger charge is 2.12. The molecule has 1 heterocycles. The van der Waals surface area contributed by atoms with Crippen molar-refractivity contribution in [2.24, 2.45) is 0 Å². The number of rotatable bonds is 4. The van der Waals surface area contributed by atoms with Gasteiger partial charge in [-0.3, -0.25) is 4.79 Å². The van der Waals surface area contributed by atoms with Crippen LogP contribution >= 0.6 is 0 Å². The number of hydrogen-bond donors (Lipinski definition) is 0. The lowest BCUT2D eigenvalue weighted by atomic mass is 10.2. The van der Waals surface area contributed by atoms with Gasteiger partial charge in [0.1, 0.15) is 12.4 Å². The van der Waals surface area contributed by atoms with Crippen LogP contribution in [0.25, 0.3) is 6.08 Å². The van der Waals surface area contributed by atoms with Crippen LogP contribution in [0.1, 0.15) is 12.7 Å². The van der Waals surface area contributed by atoms with Crippen molar-refractivity contribution in [1.82, 2.24) is 0 Å². The third-order valence-electron chi connectivity index (χ3n) is 1.74. The normalized spacial score (nSPS) is 11.0. The van der Waals surface area contributed by atoms with E-state index in [1.165, 1.54) is 26.4 Å². The Balaban J connectivity index is 2.78. The van der Waals surface area contributed by atoms with Gasteiger partial charge < -0.3 is 13.9 Å². The number of furan rings is 1. The van der Waals surface area contributed by atoms with E-state index in [0.29, 0.717) is 5.76 Å². The van der Waals surface area contributed by atoms with E-state index in [1.807, 2.05) is 0 Å². The van der Waals surface area contributed by atoms with Gasteiger partial charge in [-0.2, -0.15) is 0 Å². The molecule has 0 saturated heterocycles. The molecule has 0 aliphatic carbocycles. The van der Waals surface area contributed by atoms with Crippen molar-refractivity contribution in [1.29, 1.82) is 0 Å². The zero-order chi connectivity index (χ0) is 12.0. The summed E-state index contributed by atoms with van der Waals surface area (Å²) in [6, 6.07) is 3.36. The van der Waals surface area contributed by atoms with Crippen LogP contribution in [-0.2, 0) is 19.1 Å². The van der Waals surface area contributed by atoms with Gasteiger partial charge in [0.25, 0.3) is 0 Å². The molecule has 1 aromatic heterocycles. The first-order valence-corrected chi connectivity index (χ1v) is 4.59. The molecular formula is C11H12O5. The van der Waals surface area contributed by atoms with Crippen molar-refractivity contribution in [3.63, 3.8) is 0 Å². The molecule has 0 atom stereocenters. The lowest BCUT2D eigenvalue weighted by Gasteiger charge is -2.04. The zero-order valence-corrected chi connectivity index (χ0v) is 9.06. The first-order valence-electron chi connectivity index (χ1n) is 4.59. The van der Waals surface area contributed by atoms with Crippen LogP contribution in [0.2, 0.25) is 0 Å². The van der Waals surface area contributed by atoms with Crippen LogP contribution in [0.4, 0.5) is 0 Å². The Morgan fingerprint density at radius 3 is 2.75 bits per heavy atom. The summed E-state index contributed by atoms with van der Waals surface area (Å²) in [6.07, 6.45) is 2.95. The molecule has 0 amide bonds. The predicted molar refractivity (Wildman–Crippen MR) is 55.3 cm³/mol. The Labute approximate surface area is 92.6 Å². The molecule has 1 rings (SSSR count). The minimum atomic E-state index is -0.558. The number of carbonyl (C=O) groups is 2. The highest BCUT2D eigenvalue weighted by Crippen LogP contribution is 2.09. The Kier molecular flexibility index (Phi) is 4.32. The number of hydrogen-bond acceptors (Lipinski definition) is 5. The fourth-order valence-corrected chi connectivity index (χ4v) is 1.02. The minimum Gasteiger partial charge on any atom is -0.466 e. The third kappa shape index (κ3) is 3.61. The molecule has 0 radical (unpaired) electrons. The quantitative estimate of drug-likeness (QED) is 0.571. The maximum Gasteiger partial charge on any atom is 0.337 e. The Morgan fingerprint density at radius 1 is 1.50 bits per heavy atom. The van der Waals surface area contributed by atoms with Crippen LogP contribution in [-0.4, -0.2) is 25.7 Å². The molecule has 5 nitrogen and oxygen atoms in total. The van der Waals surface area contributed by atoms with Gasteiger partial charge in [0, 0.05) is 6.92 Å². The van der Waals surface area contributed by atoms with Gasteiger partial charge in [-0.1, -0.05) is 0 Å². The molecule has 5 heteroatoms. The van der Waals surface area contributed by atoms with Crippen LogP contribution in [0.3, 0.4) is 0 Å². The fraction of sp³-hybridized carbons (Fsp3) is 0.273. The number of carbonyl (C=O) groups excluding carboxylic acids is 2. The fourth-order valence-electron chi connectivity index (χ4n) is 1.02. The van der Waals surface area contributed by atoms with Gasteiger partial charge in [-0.15, -0.1) is 0 Å². The summed E-state index contributed by atoms with van der Waals surface area (Å²) < 4.78 is 14.3. The maximum atomic E-state index is 11.3. The summed E-state index contributed by atoms with van der Waals surface area (Å²) in [6.45, 7) is 1.13. The number of esters is 2. The monoisotopic (exact) mass is 224 g/mol. The molecule has 16 heavy (non-hydrogen) atoms. The summed E-state index contributed by atoms with van der Waals surface area (Å²) in [7, 11) is 1.26. The average molecular weight is 224 g/mol. The third-order valence-corrected chi connectivity index (χ3v) is 1.74. The van der Waals surface area contributed by atoms with E-state index in [-0.39, 0.29) is 12.2 Å². The van der Waals surface area contributed by atoms with Crippen LogP contribution in [0.15, 0.2) is 28.4 Å². The van der Waals surface area contributed by atoms with Gasteiger partial charge in [-0.05, 0) is 18.2 Å². The van der Waals surface area contributed by atoms with E-state index in [0.717, 1.165) is 0 Å². The van der Waals surface area contributed by atoms with E-state index >= 15 is 0 Å². The molecule has 0 saturated carbocycles. The van der Waals surface area contributed by atoms with Gasteiger partial charge >= 0.3 is 11.9 Å². The Hall–Kier alpha value is -2.04. The maximum absolute atomic E-state index is 11.3. The molecular weight excluding hydrogens is 212 g/mol. The smallest absolute Gasteiger partial charge is 0.337 e. The van der Waals surface area contributed by atoms with Crippen molar-refractivity contribution >= 4 is 18.0 Å². The second-order valence-electron chi connectivity index (χ2n) is 2.96. The van der Waals surface area contributed by atoms with Crippen LogP contribution in [0, 0.1) is 0 Å². The first-order chi connectivity index (χ1) is 7.63. The molecule has 86 valence electrons. The van der Waals surface area contributed by atoms with E-state index in [9.17, 15) is 9.59 Å².